The first-order valence-electron chi connectivity index (χ1n) is 5.62. The molecular formula is C9H17N2O3PS3. The molecule has 0 aliphatic heterocycles. The highest BCUT2D eigenvalue weighted by molar-refractivity contribution is 8.67. The zero-order valence-corrected chi connectivity index (χ0v) is 14.0. The Bertz CT molecular complexity index is 392. The van der Waals surface area contributed by atoms with Crippen molar-refractivity contribution in [2.75, 3.05) is 19.8 Å². The van der Waals surface area contributed by atoms with Crippen LogP contribution in [0.2, 0.25) is 0 Å². The lowest BCUT2D eigenvalue weighted by molar-refractivity contribution is 0.280. The van der Waals surface area contributed by atoms with Crippen LogP contribution >= 0.6 is 28.4 Å². The smallest absolute Gasteiger partial charge is 0.294 e. The fourth-order valence-corrected chi connectivity index (χ4v) is 6.47. The van der Waals surface area contributed by atoms with Gasteiger partial charge in [-0.1, -0.05) is 22.7 Å². The average molecular weight is 328 g/mol. The molecule has 0 radical (unpaired) electrons. The van der Waals surface area contributed by atoms with Gasteiger partial charge in [0, 0.05) is 0 Å². The van der Waals surface area contributed by atoms with E-state index in [4.69, 9.17) is 25.6 Å². The maximum Gasteiger partial charge on any atom is 0.294 e. The third-order valence-corrected chi connectivity index (χ3v) is 8.07. The van der Waals surface area contributed by atoms with Gasteiger partial charge < -0.3 is 13.8 Å². The summed E-state index contributed by atoms with van der Waals surface area (Å²) in [6.45, 7) is 7.46. The molecule has 0 fully saturated rings. The molecule has 1 heterocycles. The van der Waals surface area contributed by atoms with Gasteiger partial charge in [-0.15, -0.1) is 10.2 Å². The minimum Gasteiger partial charge on any atom is -0.469 e. The average Bonchev–Trinajstić information content (AvgIpc) is 2.76. The molecule has 0 N–H and O–H groups in total. The van der Waals surface area contributed by atoms with E-state index in [9.17, 15) is 0 Å². The van der Waals surface area contributed by atoms with Gasteiger partial charge in [0.05, 0.1) is 25.6 Å². The Hall–Kier alpha value is 0.280. The van der Waals surface area contributed by atoms with Gasteiger partial charge in [0.2, 0.25) is 5.69 Å². The normalized spacial score (nSPS) is 11.7. The molecule has 0 aliphatic rings. The minimum absolute atomic E-state index is 0.560. The van der Waals surface area contributed by atoms with Crippen molar-refractivity contribution in [1.82, 2.24) is 10.2 Å². The van der Waals surface area contributed by atoms with Gasteiger partial charge in [-0.25, -0.2) is 0 Å². The number of ether oxygens (including phenoxy) is 1. The van der Waals surface area contributed by atoms with E-state index < -0.39 is 5.69 Å². The minimum atomic E-state index is -2.24. The number of hydrogen-bond donors (Lipinski definition) is 0. The molecule has 0 saturated heterocycles. The second-order valence-electron chi connectivity index (χ2n) is 2.95. The Morgan fingerprint density at radius 1 is 1.17 bits per heavy atom. The Kier molecular flexibility index (Phi) is 7.67. The van der Waals surface area contributed by atoms with Crippen LogP contribution in [0.4, 0.5) is 0 Å². The standard InChI is InChI=1S/C9H17N2O3PS3/c1-4-12-9-11-10-8(18-9)7-17-15(16,13-5-2)14-6-3/h4-7H2,1-3H3. The maximum absolute atomic E-state index is 5.54. The molecule has 0 spiro atoms. The summed E-state index contributed by atoms with van der Waals surface area (Å²) in [5.41, 5.74) is -2.24. The lowest BCUT2D eigenvalue weighted by Gasteiger charge is -2.19. The van der Waals surface area contributed by atoms with Crippen LogP contribution in [0.3, 0.4) is 0 Å². The second kappa shape index (κ2) is 8.45. The summed E-state index contributed by atoms with van der Waals surface area (Å²) in [6.07, 6.45) is 0. The number of hydrogen-bond acceptors (Lipinski definition) is 8. The molecule has 0 bridgehead atoms. The third kappa shape index (κ3) is 5.50. The van der Waals surface area contributed by atoms with Crippen LogP contribution < -0.4 is 4.74 Å². The molecule has 0 unspecified atom stereocenters. The SMILES string of the molecule is CCOc1nnc(CSP(=S)(OCC)OCC)s1. The summed E-state index contributed by atoms with van der Waals surface area (Å²) >= 11 is 8.33. The molecule has 1 aromatic heterocycles. The van der Waals surface area contributed by atoms with E-state index in [2.05, 4.69) is 10.2 Å². The van der Waals surface area contributed by atoms with Gasteiger partial charge in [-0.05, 0) is 32.6 Å². The number of rotatable bonds is 9. The molecule has 0 saturated carbocycles. The molecule has 0 atom stereocenters. The van der Waals surface area contributed by atoms with Crippen LogP contribution in [0.1, 0.15) is 25.8 Å². The van der Waals surface area contributed by atoms with Crippen LogP contribution in [0.25, 0.3) is 0 Å². The van der Waals surface area contributed by atoms with Gasteiger partial charge in [-0.3, -0.25) is 0 Å². The van der Waals surface area contributed by atoms with Crippen molar-refractivity contribution in [2.45, 2.75) is 26.5 Å². The third-order valence-electron chi connectivity index (χ3n) is 1.64. The first-order valence-corrected chi connectivity index (χ1v) is 10.7. The van der Waals surface area contributed by atoms with Crippen molar-refractivity contribution in [3.8, 4) is 5.19 Å². The number of aromatic nitrogens is 2. The summed E-state index contributed by atoms with van der Waals surface area (Å²) < 4.78 is 16.3. The van der Waals surface area contributed by atoms with Crippen LogP contribution in [0.15, 0.2) is 0 Å². The summed E-state index contributed by atoms with van der Waals surface area (Å²) in [7, 11) is 0. The fraction of sp³-hybridized carbons (Fsp3) is 0.778. The largest absolute Gasteiger partial charge is 0.469 e. The van der Waals surface area contributed by atoms with Crippen LogP contribution in [0, 0.1) is 0 Å². The van der Waals surface area contributed by atoms with Crippen LogP contribution in [0.5, 0.6) is 5.19 Å². The fourth-order valence-electron chi connectivity index (χ4n) is 1.04. The van der Waals surface area contributed by atoms with Crippen molar-refractivity contribution >= 4 is 40.2 Å². The van der Waals surface area contributed by atoms with E-state index in [-0.39, 0.29) is 0 Å². The Morgan fingerprint density at radius 2 is 1.83 bits per heavy atom. The Morgan fingerprint density at radius 3 is 2.39 bits per heavy atom. The van der Waals surface area contributed by atoms with Crippen LogP contribution in [-0.2, 0) is 26.6 Å². The molecule has 5 nitrogen and oxygen atoms in total. The Labute approximate surface area is 121 Å². The number of nitrogens with zero attached hydrogens (tertiary/aromatic N) is 2. The lowest BCUT2D eigenvalue weighted by Crippen LogP contribution is -1.92. The summed E-state index contributed by atoms with van der Waals surface area (Å²) in [4.78, 5) is 0. The topological polar surface area (TPSA) is 53.5 Å². The van der Waals surface area contributed by atoms with E-state index in [1.165, 1.54) is 22.7 Å². The van der Waals surface area contributed by atoms with Gasteiger partial charge in [0.1, 0.15) is 5.01 Å². The predicted molar refractivity (Wildman–Crippen MR) is 79.9 cm³/mol. The van der Waals surface area contributed by atoms with Crippen molar-refractivity contribution in [2.24, 2.45) is 0 Å². The lowest BCUT2D eigenvalue weighted by atomic mass is 10.9. The zero-order valence-electron chi connectivity index (χ0n) is 10.6. The first-order chi connectivity index (χ1) is 8.63. The molecule has 1 aromatic rings. The highest BCUT2D eigenvalue weighted by Crippen LogP contribution is 2.62. The van der Waals surface area contributed by atoms with Gasteiger partial charge in [0.15, 0.2) is 0 Å². The van der Waals surface area contributed by atoms with E-state index in [0.29, 0.717) is 30.8 Å². The van der Waals surface area contributed by atoms with Crippen molar-refractivity contribution in [3.63, 3.8) is 0 Å². The Balaban J connectivity index is 2.52. The van der Waals surface area contributed by atoms with Gasteiger partial charge in [-0.2, -0.15) is 0 Å². The van der Waals surface area contributed by atoms with Crippen molar-refractivity contribution in [3.05, 3.63) is 5.01 Å². The first kappa shape index (κ1) is 16.3. The maximum atomic E-state index is 5.54. The molecule has 0 amide bonds. The molecule has 9 heteroatoms. The van der Waals surface area contributed by atoms with Gasteiger partial charge >= 0.3 is 0 Å². The second-order valence-corrected chi connectivity index (χ2v) is 10.3. The van der Waals surface area contributed by atoms with E-state index in [1.54, 1.807) is 0 Å². The van der Waals surface area contributed by atoms with Crippen molar-refractivity contribution in [1.29, 1.82) is 0 Å². The molecular weight excluding hydrogens is 311 g/mol. The molecule has 0 aliphatic carbocycles. The van der Waals surface area contributed by atoms with E-state index in [1.807, 2.05) is 20.8 Å². The highest BCUT2D eigenvalue weighted by atomic mass is 32.9. The summed E-state index contributed by atoms with van der Waals surface area (Å²) in [6, 6.07) is 0. The summed E-state index contributed by atoms with van der Waals surface area (Å²) in [5, 5.41) is 9.43. The van der Waals surface area contributed by atoms with Crippen molar-refractivity contribution < 1.29 is 13.8 Å². The van der Waals surface area contributed by atoms with E-state index in [0.717, 1.165) is 5.01 Å². The monoisotopic (exact) mass is 328 g/mol. The molecule has 0 aromatic carbocycles. The molecule has 1 rings (SSSR count). The predicted octanol–water partition coefficient (Wildman–Crippen LogP) is 3.47. The van der Waals surface area contributed by atoms with Gasteiger partial charge in [0.25, 0.3) is 5.19 Å². The molecule has 104 valence electrons. The summed E-state index contributed by atoms with van der Waals surface area (Å²) in [5.74, 6) is 0.641. The quantitative estimate of drug-likeness (QED) is 0.643. The highest BCUT2D eigenvalue weighted by Gasteiger charge is 2.20. The molecule has 18 heavy (non-hydrogen) atoms. The van der Waals surface area contributed by atoms with E-state index >= 15 is 0 Å². The van der Waals surface area contributed by atoms with Crippen LogP contribution in [-0.4, -0.2) is 30.0 Å². The zero-order chi connectivity index (χ0) is 13.4.